The Balaban J connectivity index is 1.15. The Morgan fingerprint density at radius 1 is 1.04 bits per heavy atom. The molecule has 388 valence electrons. The maximum atomic E-state index is 14.7. The minimum absolute atomic E-state index is 0.00923. The van der Waals surface area contributed by atoms with E-state index in [1.807, 2.05) is 42.6 Å². The molecule has 16 nitrogen and oxygen atoms in total. The summed E-state index contributed by atoms with van der Waals surface area (Å²) >= 11 is 0. The SMILES string of the molecule is CCOC(=O)C1=C(C=O)C2=C3CC(CO)C(=O)C(C3)c3cc4cc[nH]c4cc3CCC(CO)COc3c4c(c(CO)c(c32)O1)OC1(C=CC2C(CO)C=CC(O)C3=CC5CN(CCCOC)CCC5C1(O)C32)C4. The molecule has 1 saturated heterocycles. The third kappa shape index (κ3) is 7.89. The number of fused-ring (bicyclic) bond motifs is 10. The van der Waals surface area contributed by atoms with Crippen LogP contribution >= 0.6 is 0 Å². The number of Topliss-reactive ketones (excluding diaryl/α,β-unsaturated/α-hetero) is 1. The topological polar surface area (TPSA) is 238 Å². The zero-order valence-electron chi connectivity index (χ0n) is 41.4. The van der Waals surface area contributed by atoms with E-state index in [1.165, 1.54) is 0 Å². The van der Waals surface area contributed by atoms with E-state index in [9.17, 15) is 45.0 Å². The van der Waals surface area contributed by atoms with Crippen molar-refractivity contribution in [2.45, 2.75) is 81.7 Å². The number of aromatic amines is 1. The van der Waals surface area contributed by atoms with Crippen molar-refractivity contribution in [3.05, 3.63) is 105 Å². The van der Waals surface area contributed by atoms with Crippen LogP contribution in [0.4, 0.5) is 0 Å². The molecule has 8 aliphatic rings. The van der Waals surface area contributed by atoms with Crippen LogP contribution in [0.15, 0.2) is 77.3 Å². The van der Waals surface area contributed by atoms with Gasteiger partial charge >= 0.3 is 5.97 Å². The van der Waals surface area contributed by atoms with E-state index in [0.29, 0.717) is 62.0 Å². The number of nitrogens with zero attached hydrogens (tertiary/aromatic N) is 1. The fourth-order valence-electron chi connectivity index (χ4n) is 14.2. The van der Waals surface area contributed by atoms with Gasteiger partial charge in [-0.3, -0.25) is 9.59 Å². The predicted octanol–water partition coefficient (Wildman–Crippen LogP) is 4.17. The van der Waals surface area contributed by atoms with Crippen molar-refractivity contribution < 1.29 is 68.7 Å². The minimum Gasteiger partial charge on any atom is -0.492 e. The van der Waals surface area contributed by atoms with Gasteiger partial charge in [0.05, 0.1) is 49.2 Å². The highest BCUT2D eigenvalue weighted by Gasteiger charge is 2.70. The van der Waals surface area contributed by atoms with Crippen LogP contribution in [-0.4, -0.2) is 142 Å². The lowest BCUT2D eigenvalue weighted by Crippen LogP contribution is -2.72. The Labute approximate surface area is 423 Å². The first-order valence-electron chi connectivity index (χ1n) is 26.0. The third-order valence-corrected chi connectivity index (χ3v) is 17.6. The average Bonchev–Trinajstić information content (AvgIpc) is 4.00. The number of rotatable bonds is 11. The molecular formula is C57H66N2O14. The van der Waals surface area contributed by atoms with E-state index in [-0.39, 0.29) is 96.9 Å². The normalized spacial score (nSPS) is 32.4. The second-order valence-corrected chi connectivity index (χ2v) is 21.4. The highest BCUT2D eigenvalue weighted by atomic mass is 16.6. The number of hydrogen-bond acceptors (Lipinski definition) is 15. The van der Waals surface area contributed by atoms with E-state index >= 15 is 0 Å². The molecule has 1 saturated carbocycles. The summed E-state index contributed by atoms with van der Waals surface area (Å²) in [6, 6.07) is 5.95. The Hall–Kier alpha value is -5.43. The zero-order valence-corrected chi connectivity index (χ0v) is 41.4. The molecule has 73 heavy (non-hydrogen) atoms. The molecule has 1 aromatic heterocycles. The molecule has 1 spiro atoms. The molecule has 11 rings (SSSR count). The van der Waals surface area contributed by atoms with Gasteiger partial charge in [-0.1, -0.05) is 29.9 Å². The maximum Gasteiger partial charge on any atom is 0.375 e. The van der Waals surface area contributed by atoms with Gasteiger partial charge in [0.2, 0.25) is 5.76 Å². The van der Waals surface area contributed by atoms with Crippen molar-refractivity contribution in [2.24, 2.45) is 41.4 Å². The molecule has 3 aromatic rings. The molecule has 11 atom stereocenters. The smallest absolute Gasteiger partial charge is 0.375 e. The average molecular weight is 1000 g/mol. The lowest BCUT2D eigenvalue weighted by molar-refractivity contribution is -0.203. The van der Waals surface area contributed by atoms with Crippen LogP contribution in [0.1, 0.15) is 72.8 Å². The predicted molar refractivity (Wildman–Crippen MR) is 266 cm³/mol. The summed E-state index contributed by atoms with van der Waals surface area (Å²) in [5.74, 6) is -5.56. The van der Waals surface area contributed by atoms with Crippen molar-refractivity contribution in [3.63, 3.8) is 0 Å². The number of allylic oxidation sites excluding steroid dienone is 4. The van der Waals surface area contributed by atoms with Crippen LogP contribution in [0.2, 0.25) is 0 Å². The quantitative estimate of drug-likeness (QED) is 0.0618. The summed E-state index contributed by atoms with van der Waals surface area (Å²) in [4.78, 5) is 48.3. The summed E-state index contributed by atoms with van der Waals surface area (Å²) in [5.41, 5.74) is 1.34. The largest absolute Gasteiger partial charge is 0.492 e. The molecule has 0 radical (unpaired) electrons. The van der Waals surface area contributed by atoms with E-state index in [1.54, 1.807) is 20.1 Å². The van der Waals surface area contributed by atoms with Gasteiger partial charge in [0.25, 0.3) is 0 Å². The number of aldehydes is 1. The van der Waals surface area contributed by atoms with Gasteiger partial charge in [-0.2, -0.15) is 0 Å². The molecule has 7 N–H and O–H groups in total. The fourth-order valence-corrected chi connectivity index (χ4v) is 14.2. The van der Waals surface area contributed by atoms with Gasteiger partial charge in [-0.05, 0) is 110 Å². The van der Waals surface area contributed by atoms with Crippen molar-refractivity contribution in [2.75, 3.05) is 66.4 Å². The Morgan fingerprint density at radius 2 is 1.89 bits per heavy atom. The number of hydrogen-bond donors (Lipinski definition) is 7. The number of carbonyl (C=O) groups excluding carboxylic acids is 3. The molecule has 0 amide bonds. The Bertz CT molecular complexity index is 2880. The fraction of sp³-hybridized carbons (Fsp3) is 0.526. The molecule has 16 heteroatoms. The number of aliphatic hydroxyl groups is 6. The van der Waals surface area contributed by atoms with E-state index < -0.39 is 83.7 Å². The molecule has 2 aromatic carbocycles. The second kappa shape index (κ2) is 19.7. The Morgan fingerprint density at radius 3 is 2.64 bits per heavy atom. The number of methoxy groups -OCH3 is 1. The van der Waals surface area contributed by atoms with Crippen molar-refractivity contribution in [1.29, 1.82) is 0 Å². The number of benzene rings is 2. The molecule has 2 bridgehead atoms. The lowest BCUT2D eigenvalue weighted by atomic mass is 9.49. The van der Waals surface area contributed by atoms with Crippen LogP contribution < -0.4 is 14.2 Å². The van der Waals surface area contributed by atoms with Crippen LogP contribution in [0, 0.1) is 41.4 Å². The molecule has 4 aliphatic carbocycles. The number of esters is 1. The number of nitrogens with one attached hydrogen (secondary N) is 1. The number of H-pyrrole nitrogens is 1. The van der Waals surface area contributed by atoms with Gasteiger partial charge in [0.15, 0.2) is 11.9 Å². The number of carbonyl (C=O) groups is 3. The highest BCUT2D eigenvalue weighted by molar-refractivity contribution is 6.11. The van der Waals surface area contributed by atoms with Crippen LogP contribution in [0.3, 0.4) is 0 Å². The van der Waals surface area contributed by atoms with E-state index in [4.69, 9.17) is 23.7 Å². The molecule has 4 aliphatic heterocycles. The number of aliphatic hydroxyl groups excluding tert-OH is 5. The first kappa shape index (κ1) is 49.8. The summed E-state index contributed by atoms with van der Waals surface area (Å²) in [7, 11) is 1.68. The number of ether oxygens (including phenoxy) is 5. The Kier molecular flexibility index (Phi) is 13.4. The number of piperidine rings is 1. The van der Waals surface area contributed by atoms with Crippen molar-refractivity contribution >= 4 is 34.5 Å². The van der Waals surface area contributed by atoms with Gasteiger partial charge in [0.1, 0.15) is 28.6 Å². The lowest BCUT2D eigenvalue weighted by Gasteiger charge is -2.61. The highest BCUT2D eigenvalue weighted by Crippen LogP contribution is 2.65. The first-order valence-corrected chi connectivity index (χ1v) is 26.0. The number of aryl methyl sites for hydroxylation is 1. The van der Waals surface area contributed by atoms with Crippen molar-refractivity contribution in [3.8, 4) is 17.2 Å². The summed E-state index contributed by atoms with van der Waals surface area (Å²) in [6.07, 6.45) is 13.3. The van der Waals surface area contributed by atoms with Crippen LogP contribution in [0.25, 0.3) is 16.5 Å². The van der Waals surface area contributed by atoms with Gasteiger partial charge in [-0.25, -0.2) is 4.79 Å². The second-order valence-electron chi connectivity index (χ2n) is 21.4. The summed E-state index contributed by atoms with van der Waals surface area (Å²) < 4.78 is 32.0. The molecule has 11 unspecified atom stereocenters. The summed E-state index contributed by atoms with van der Waals surface area (Å²) in [5, 5.41) is 71.9. The number of ketones is 1. The zero-order chi connectivity index (χ0) is 50.9. The number of aromatic nitrogens is 1. The maximum absolute atomic E-state index is 14.7. The standard InChI is InChI=1S/C57H66N2O14/c1-3-70-55(67)54-42(27-63)47-34-17-36(26-62)50(66)39(19-34)38-18-32-10-13-58-45(32)21-31(38)6-5-30(24-60)29-71-52-41-22-56(73-51(41)43(28-64)53(72-54)48(47)52)12-9-37-33(25-61)7-8-46(65)40-20-35-23-59(14-4-16-69-2)15-11-44(35)57(56,68)49(37)40/h7-10,12-13,18,20-21,27,30,33,35-37,39,44,46,49,58,60-62,64-65,68H,3-6,11,14-17,19,22-26,28-29H2,1-2H3. The molecule has 2 fully saturated rings. The minimum atomic E-state index is -1.73. The third-order valence-electron chi connectivity index (χ3n) is 17.6. The van der Waals surface area contributed by atoms with Gasteiger partial charge < -0.3 is 64.2 Å². The monoisotopic (exact) mass is 1000 g/mol. The van der Waals surface area contributed by atoms with E-state index in [2.05, 4.69) is 16.0 Å². The molecular weight excluding hydrogens is 937 g/mol. The first-order chi connectivity index (χ1) is 35.5. The van der Waals surface area contributed by atoms with Crippen LogP contribution in [0.5, 0.6) is 17.2 Å². The van der Waals surface area contributed by atoms with E-state index in [0.717, 1.165) is 35.0 Å². The van der Waals surface area contributed by atoms with Gasteiger partial charge in [-0.15, -0.1) is 0 Å². The van der Waals surface area contributed by atoms with Crippen molar-refractivity contribution in [1.82, 2.24) is 9.88 Å². The number of likely N-dealkylation sites (tertiary alicyclic amines) is 1. The summed E-state index contributed by atoms with van der Waals surface area (Å²) in [6.45, 7) is 2.54. The van der Waals surface area contributed by atoms with Gasteiger partial charge in [0, 0.05) is 105 Å². The molecule has 5 heterocycles. The van der Waals surface area contributed by atoms with Crippen LogP contribution in [-0.2, 0) is 43.3 Å².